The van der Waals surface area contributed by atoms with Gasteiger partial charge in [-0.1, -0.05) is 57.2 Å². The molecule has 0 aliphatic carbocycles. The Bertz CT molecular complexity index is 1230. The molecule has 6 nitrogen and oxygen atoms in total. The first-order valence-electron chi connectivity index (χ1n) is 11.6. The van der Waals surface area contributed by atoms with E-state index in [4.69, 9.17) is 4.74 Å². The molecule has 0 heterocycles. The van der Waals surface area contributed by atoms with Crippen molar-refractivity contribution in [1.82, 2.24) is 5.32 Å². The Morgan fingerprint density at radius 3 is 2.09 bits per heavy atom. The number of hydrogen-bond donors (Lipinski definition) is 1. The van der Waals surface area contributed by atoms with Crippen LogP contribution in [0.2, 0.25) is 0 Å². The van der Waals surface area contributed by atoms with E-state index in [2.05, 4.69) is 26.1 Å². The van der Waals surface area contributed by atoms with Crippen molar-refractivity contribution in [3.8, 4) is 5.75 Å². The van der Waals surface area contributed by atoms with Gasteiger partial charge in [0.25, 0.3) is 10.0 Å². The normalized spacial score (nSPS) is 11.7. The van der Waals surface area contributed by atoms with Crippen molar-refractivity contribution in [2.24, 2.45) is 0 Å². The molecule has 7 heteroatoms. The summed E-state index contributed by atoms with van der Waals surface area (Å²) in [6, 6.07) is 21.5. The van der Waals surface area contributed by atoms with Crippen LogP contribution in [0.15, 0.2) is 77.7 Å². The predicted octanol–water partition coefficient (Wildman–Crippen LogP) is 4.99. The lowest BCUT2D eigenvalue weighted by molar-refractivity contribution is -0.119. The van der Waals surface area contributed by atoms with Crippen LogP contribution in [-0.4, -0.2) is 34.0 Å². The van der Waals surface area contributed by atoms with Gasteiger partial charge in [0, 0.05) is 0 Å². The van der Waals surface area contributed by atoms with Gasteiger partial charge in [0.05, 0.1) is 17.1 Å². The maximum Gasteiger partial charge on any atom is 0.264 e. The molecule has 0 fully saturated rings. The minimum absolute atomic E-state index is 0.0638. The number of ether oxygens (including phenoxy) is 1. The van der Waals surface area contributed by atoms with Crippen molar-refractivity contribution >= 4 is 21.6 Å². The summed E-state index contributed by atoms with van der Waals surface area (Å²) >= 11 is 0. The molecular formula is C28H34N2O4S. The minimum atomic E-state index is -3.93. The lowest BCUT2D eigenvalue weighted by Gasteiger charge is -2.25. The van der Waals surface area contributed by atoms with Gasteiger partial charge in [0.1, 0.15) is 18.9 Å². The largest absolute Gasteiger partial charge is 0.492 e. The third-order valence-corrected chi connectivity index (χ3v) is 7.31. The Kier molecular flexibility index (Phi) is 8.22. The number of rotatable bonds is 9. The molecule has 1 N–H and O–H groups in total. The second kappa shape index (κ2) is 11.0. The number of nitrogens with one attached hydrogen (secondary N) is 1. The van der Waals surface area contributed by atoms with Crippen molar-refractivity contribution in [3.63, 3.8) is 0 Å². The maximum absolute atomic E-state index is 13.4. The van der Waals surface area contributed by atoms with Crippen LogP contribution in [0.1, 0.15) is 37.5 Å². The fraction of sp³-hybridized carbons (Fsp3) is 0.321. The van der Waals surface area contributed by atoms with Gasteiger partial charge >= 0.3 is 0 Å². The zero-order valence-electron chi connectivity index (χ0n) is 21.0. The quantitative estimate of drug-likeness (QED) is 0.425. The molecular weight excluding hydrogens is 460 g/mol. The number of aryl methyl sites for hydroxylation is 2. The van der Waals surface area contributed by atoms with Gasteiger partial charge in [-0.15, -0.1) is 0 Å². The van der Waals surface area contributed by atoms with Crippen molar-refractivity contribution in [3.05, 3.63) is 89.5 Å². The highest BCUT2D eigenvalue weighted by atomic mass is 32.2. The first kappa shape index (κ1) is 26.3. The molecule has 0 aromatic heterocycles. The molecule has 1 amide bonds. The van der Waals surface area contributed by atoms with Crippen LogP contribution in [-0.2, 0) is 20.2 Å². The lowest BCUT2D eigenvalue weighted by atomic mass is 9.87. The van der Waals surface area contributed by atoms with Crippen molar-refractivity contribution in [1.29, 1.82) is 0 Å². The molecule has 3 aromatic carbocycles. The number of anilines is 1. The summed E-state index contributed by atoms with van der Waals surface area (Å²) < 4.78 is 33.7. The summed E-state index contributed by atoms with van der Waals surface area (Å²) in [6.45, 7) is 10.4. The Balaban J connectivity index is 1.67. The summed E-state index contributed by atoms with van der Waals surface area (Å²) in [5.74, 6) is 0.311. The summed E-state index contributed by atoms with van der Waals surface area (Å²) in [4.78, 5) is 12.9. The molecule has 0 spiro atoms. The highest BCUT2D eigenvalue weighted by molar-refractivity contribution is 7.92. The number of hydrogen-bond acceptors (Lipinski definition) is 4. The van der Waals surface area contributed by atoms with Gasteiger partial charge in [-0.3, -0.25) is 9.10 Å². The predicted molar refractivity (Wildman–Crippen MR) is 141 cm³/mol. The molecule has 0 bridgehead atoms. The Morgan fingerprint density at radius 1 is 0.914 bits per heavy atom. The monoisotopic (exact) mass is 494 g/mol. The fourth-order valence-electron chi connectivity index (χ4n) is 3.73. The smallest absolute Gasteiger partial charge is 0.264 e. The molecule has 0 aliphatic rings. The standard InChI is InChI=1S/C28H34N2O4S/c1-21-17-22(2)19-24(18-21)30(35(32,33)26-9-7-6-8-10-26)20-27(31)29-15-16-34-25-13-11-23(12-14-25)28(3,4)5/h6-14,17-19H,15-16,20H2,1-5H3,(H,29,31). The highest BCUT2D eigenvalue weighted by Crippen LogP contribution is 2.26. The van der Waals surface area contributed by atoms with Crippen LogP contribution in [0, 0.1) is 13.8 Å². The number of carbonyl (C=O) groups excluding carboxylic acids is 1. The van der Waals surface area contributed by atoms with E-state index in [-0.39, 0.29) is 30.0 Å². The first-order valence-corrected chi connectivity index (χ1v) is 13.1. The third kappa shape index (κ3) is 7.09. The van der Waals surface area contributed by atoms with Crippen LogP contribution in [0.5, 0.6) is 5.75 Å². The Morgan fingerprint density at radius 2 is 1.51 bits per heavy atom. The molecule has 186 valence electrons. The Labute approximate surface area is 209 Å². The molecule has 35 heavy (non-hydrogen) atoms. The minimum Gasteiger partial charge on any atom is -0.492 e. The zero-order chi connectivity index (χ0) is 25.6. The van der Waals surface area contributed by atoms with E-state index >= 15 is 0 Å². The summed E-state index contributed by atoms with van der Waals surface area (Å²) in [7, 11) is -3.93. The summed E-state index contributed by atoms with van der Waals surface area (Å²) in [6.07, 6.45) is 0. The molecule has 0 saturated heterocycles. The highest BCUT2D eigenvalue weighted by Gasteiger charge is 2.27. The number of carbonyl (C=O) groups is 1. The molecule has 0 saturated carbocycles. The van der Waals surface area contributed by atoms with Crippen LogP contribution in [0.3, 0.4) is 0 Å². The van der Waals surface area contributed by atoms with Crippen LogP contribution >= 0.6 is 0 Å². The average molecular weight is 495 g/mol. The van der Waals surface area contributed by atoms with Crippen molar-refractivity contribution in [2.75, 3.05) is 24.0 Å². The topological polar surface area (TPSA) is 75.7 Å². The van der Waals surface area contributed by atoms with E-state index in [0.29, 0.717) is 5.69 Å². The van der Waals surface area contributed by atoms with Gasteiger partial charge in [-0.2, -0.15) is 0 Å². The average Bonchev–Trinajstić information content (AvgIpc) is 2.80. The summed E-state index contributed by atoms with van der Waals surface area (Å²) in [5, 5.41) is 2.77. The van der Waals surface area contributed by atoms with Crippen LogP contribution in [0.4, 0.5) is 5.69 Å². The second-order valence-corrected chi connectivity index (χ2v) is 11.5. The second-order valence-electron chi connectivity index (χ2n) is 9.64. The van der Waals surface area contributed by atoms with Gasteiger partial charge in [-0.25, -0.2) is 8.42 Å². The lowest BCUT2D eigenvalue weighted by Crippen LogP contribution is -2.42. The third-order valence-electron chi connectivity index (χ3n) is 5.53. The van der Waals surface area contributed by atoms with Crippen LogP contribution in [0.25, 0.3) is 0 Å². The molecule has 3 rings (SSSR count). The number of nitrogens with zero attached hydrogens (tertiary/aromatic N) is 1. The number of amides is 1. The van der Waals surface area contributed by atoms with Crippen LogP contribution < -0.4 is 14.4 Å². The number of benzene rings is 3. The van der Waals surface area contributed by atoms with Crippen molar-refractivity contribution in [2.45, 2.75) is 44.9 Å². The fourth-order valence-corrected chi connectivity index (χ4v) is 5.15. The SMILES string of the molecule is Cc1cc(C)cc(N(CC(=O)NCCOc2ccc(C(C)(C)C)cc2)S(=O)(=O)c2ccccc2)c1. The molecule has 0 unspecified atom stereocenters. The molecule has 0 radical (unpaired) electrons. The molecule has 0 atom stereocenters. The summed E-state index contributed by atoms with van der Waals surface area (Å²) in [5.41, 5.74) is 3.56. The van der Waals surface area contributed by atoms with E-state index in [1.165, 1.54) is 17.7 Å². The van der Waals surface area contributed by atoms with E-state index in [0.717, 1.165) is 21.2 Å². The van der Waals surface area contributed by atoms with Gasteiger partial charge in [-0.05, 0) is 72.4 Å². The van der Waals surface area contributed by atoms with Gasteiger partial charge in [0.2, 0.25) is 5.91 Å². The van der Waals surface area contributed by atoms with E-state index < -0.39 is 15.9 Å². The van der Waals surface area contributed by atoms with Crippen molar-refractivity contribution < 1.29 is 17.9 Å². The van der Waals surface area contributed by atoms with E-state index in [1.807, 2.05) is 44.2 Å². The Hall–Kier alpha value is -3.32. The van der Waals surface area contributed by atoms with E-state index in [1.54, 1.807) is 30.3 Å². The zero-order valence-corrected chi connectivity index (χ0v) is 21.9. The van der Waals surface area contributed by atoms with E-state index in [9.17, 15) is 13.2 Å². The van der Waals surface area contributed by atoms with Gasteiger partial charge in [0.15, 0.2) is 0 Å². The molecule has 3 aromatic rings. The number of sulfonamides is 1. The maximum atomic E-state index is 13.4. The first-order chi connectivity index (χ1) is 16.5. The van der Waals surface area contributed by atoms with Gasteiger partial charge < -0.3 is 10.1 Å². The molecule has 0 aliphatic heterocycles.